The molecule has 0 aliphatic heterocycles. The van der Waals surface area contributed by atoms with Crippen LogP contribution in [0.1, 0.15) is 194 Å². The van der Waals surface area contributed by atoms with Crippen molar-refractivity contribution in [2.45, 2.75) is 194 Å². The number of unbranched alkanes of at least 4 members (excludes halogenated alkanes) is 22. The summed E-state index contributed by atoms with van der Waals surface area (Å²) in [6.45, 7) is 4.51. The summed E-state index contributed by atoms with van der Waals surface area (Å²) in [6.07, 6.45) is 41.7. The summed E-state index contributed by atoms with van der Waals surface area (Å²) in [5, 5.41) is 0. The van der Waals surface area contributed by atoms with Gasteiger partial charge in [0.1, 0.15) is 0 Å². The van der Waals surface area contributed by atoms with Crippen LogP contribution in [0.2, 0.25) is 0 Å². The second kappa shape index (κ2) is 33.6. The first-order valence-electron chi connectivity index (χ1n) is 17.4. The van der Waals surface area contributed by atoms with Crippen molar-refractivity contribution in [1.29, 1.82) is 0 Å². The highest BCUT2D eigenvalue weighted by atomic mass is 17.2. The van der Waals surface area contributed by atoms with Crippen molar-refractivity contribution in [3.63, 3.8) is 0 Å². The standard InChI is InChI=1S/C36H66O4/c1-3-5-7-9-11-13-15-17-19-21-23-25-27-29-31-33-35(37)39-40-36(38)34-32-30-28-26-24-22-20-18-16-14-12-10-8-6-4-2/h11,13,17,19H,3-10,12,14-16,18,20-34H2,1-2H3/b13-11-,19-17-. The highest BCUT2D eigenvalue weighted by Gasteiger charge is 2.09. The largest absolute Gasteiger partial charge is 0.355 e. The van der Waals surface area contributed by atoms with E-state index in [1.807, 2.05) is 0 Å². The number of allylic oxidation sites excluding steroid dienone is 4. The maximum atomic E-state index is 11.8. The first-order valence-corrected chi connectivity index (χ1v) is 17.4. The predicted octanol–water partition coefficient (Wildman–Crippen LogP) is 12.1. The summed E-state index contributed by atoms with van der Waals surface area (Å²) in [5.74, 6) is -0.862. The molecule has 4 heteroatoms. The number of hydrogen-bond donors (Lipinski definition) is 0. The molecule has 4 nitrogen and oxygen atoms in total. The Bertz CT molecular complexity index is 596. The van der Waals surface area contributed by atoms with E-state index in [9.17, 15) is 9.59 Å². The van der Waals surface area contributed by atoms with Crippen LogP contribution in [0.5, 0.6) is 0 Å². The van der Waals surface area contributed by atoms with Crippen molar-refractivity contribution in [1.82, 2.24) is 0 Å². The minimum atomic E-state index is -0.435. The summed E-state index contributed by atoms with van der Waals surface area (Å²) in [6, 6.07) is 0. The minimum Gasteiger partial charge on any atom is -0.247 e. The maximum Gasteiger partial charge on any atom is 0.355 e. The van der Waals surface area contributed by atoms with Gasteiger partial charge in [-0.15, -0.1) is 0 Å². The van der Waals surface area contributed by atoms with Crippen molar-refractivity contribution in [3.8, 4) is 0 Å². The fraction of sp³-hybridized carbons (Fsp3) is 0.833. The topological polar surface area (TPSA) is 52.6 Å². The predicted molar refractivity (Wildman–Crippen MR) is 171 cm³/mol. The van der Waals surface area contributed by atoms with E-state index < -0.39 is 11.9 Å². The van der Waals surface area contributed by atoms with Gasteiger partial charge in [-0.1, -0.05) is 160 Å². The highest BCUT2D eigenvalue weighted by Crippen LogP contribution is 2.14. The van der Waals surface area contributed by atoms with Crippen LogP contribution in [0, 0.1) is 0 Å². The van der Waals surface area contributed by atoms with Crippen molar-refractivity contribution in [3.05, 3.63) is 24.3 Å². The van der Waals surface area contributed by atoms with E-state index in [0.29, 0.717) is 12.8 Å². The molecule has 0 bridgehead atoms. The Hall–Kier alpha value is -1.58. The summed E-state index contributed by atoms with van der Waals surface area (Å²) < 4.78 is 0. The number of carbonyl (C=O) groups excluding carboxylic acids is 2. The maximum absolute atomic E-state index is 11.8. The Labute approximate surface area is 249 Å². The quantitative estimate of drug-likeness (QED) is 0.0378. The molecule has 0 atom stereocenters. The molecule has 0 radical (unpaired) electrons. The van der Waals surface area contributed by atoms with Crippen molar-refractivity contribution >= 4 is 11.9 Å². The van der Waals surface area contributed by atoms with Crippen LogP contribution < -0.4 is 0 Å². The van der Waals surface area contributed by atoms with Gasteiger partial charge in [0.2, 0.25) is 0 Å². The van der Waals surface area contributed by atoms with E-state index in [4.69, 9.17) is 9.78 Å². The van der Waals surface area contributed by atoms with Crippen LogP contribution in [0.4, 0.5) is 0 Å². The van der Waals surface area contributed by atoms with Gasteiger partial charge in [-0.3, -0.25) is 0 Å². The Kier molecular flexibility index (Phi) is 32.3. The Balaban J connectivity index is 3.34. The van der Waals surface area contributed by atoms with Gasteiger partial charge in [-0.05, 0) is 44.9 Å². The lowest BCUT2D eigenvalue weighted by Gasteiger charge is -2.04. The first kappa shape index (κ1) is 38.4. The van der Waals surface area contributed by atoms with Crippen molar-refractivity contribution in [2.75, 3.05) is 0 Å². The molecule has 0 aromatic rings. The molecule has 234 valence electrons. The molecule has 0 aromatic carbocycles. The fourth-order valence-electron chi connectivity index (χ4n) is 4.90. The van der Waals surface area contributed by atoms with Gasteiger partial charge in [0, 0.05) is 0 Å². The zero-order chi connectivity index (χ0) is 29.2. The molecule has 0 rings (SSSR count). The molecular weight excluding hydrogens is 496 g/mol. The molecule has 0 saturated carbocycles. The van der Waals surface area contributed by atoms with Crippen LogP contribution in [0.15, 0.2) is 24.3 Å². The third-order valence-electron chi connectivity index (χ3n) is 7.54. The molecule has 0 aromatic heterocycles. The fourth-order valence-corrected chi connectivity index (χ4v) is 4.90. The average molecular weight is 563 g/mol. The lowest BCUT2D eigenvalue weighted by atomic mass is 10.0. The molecule has 0 fully saturated rings. The van der Waals surface area contributed by atoms with E-state index >= 15 is 0 Å². The Morgan fingerprint density at radius 2 is 0.700 bits per heavy atom. The Morgan fingerprint density at radius 3 is 1.10 bits per heavy atom. The van der Waals surface area contributed by atoms with Crippen LogP contribution in [0.3, 0.4) is 0 Å². The number of rotatable bonds is 30. The number of hydrogen-bond acceptors (Lipinski definition) is 4. The number of carbonyl (C=O) groups is 2. The van der Waals surface area contributed by atoms with E-state index in [2.05, 4.69) is 38.2 Å². The summed E-state index contributed by atoms with van der Waals surface area (Å²) in [7, 11) is 0. The molecule has 0 saturated heterocycles. The summed E-state index contributed by atoms with van der Waals surface area (Å²) in [4.78, 5) is 33.0. The Morgan fingerprint density at radius 1 is 0.400 bits per heavy atom. The van der Waals surface area contributed by atoms with Crippen LogP contribution in [-0.2, 0) is 19.4 Å². The smallest absolute Gasteiger partial charge is 0.247 e. The van der Waals surface area contributed by atoms with Gasteiger partial charge in [0.05, 0.1) is 12.8 Å². The summed E-state index contributed by atoms with van der Waals surface area (Å²) >= 11 is 0. The van der Waals surface area contributed by atoms with E-state index in [0.717, 1.165) is 51.4 Å². The van der Waals surface area contributed by atoms with Gasteiger partial charge in [0.25, 0.3) is 0 Å². The molecule has 0 heterocycles. The van der Waals surface area contributed by atoms with E-state index in [-0.39, 0.29) is 0 Å². The summed E-state index contributed by atoms with van der Waals surface area (Å²) in [5.41, 5.74) is 0. The average Bonchev–Trinajstić information content (AvgIpc) is 2.96. The second-order valence-corrected chi connectivity index (χ2v) is 11.6. The lowest BCUT2D eigenvalue weighted by molar-refractivity contribution is -0.259. The SMILES string of the molecule is CCCCC/C=C\C/C=C\CCCCCCCC(=O)OOC(=O)CCCCCCCCCCCCCCCCC. The van der Waals surface area contributed by atoms with Crippen molar-refractivity contribution < 1.29 is 19.4 Å². The van der Waals surface area contributed by atoms with Gasteiger partial charge in [-0.25, -0.2) is 19.4 Å². The van der Waals surface area contributed by atoms with Crippen LogP contribution in [-0.4, -0.2) is 11.9 Å². The normalized spacial score (nSPS) is 11.6. The van der Waals surface area contributed by atoms with Crippen LogP contribution in [0.25, 0.3) is 0 Å². The molecular formula is C36H66O4. The molecule has 0 N–H and O–H groups in total. The van der Waals surface area contributed by atoms with Gasteiger partial charge in [0.15, 0.2) is 0 Å². The molecule has 0 aliphatic rings. The zero-order valence-electron chi connectivity index (χ0n) is 26.7. The van der Waals surface area contributed by atoms with Crippen LogP contribution >= 0.6 is 0 Å². The minimum absolute atomic E-state index is 0.316. The highest BCUT2D eigenvalue weighted by molar-refractivity contribution is 5.72. The molecule has 0 spiro atoms. The second-order valence-electron chi connectivity index (χ2n) is 11.6. The molecule has 40 heavy (non-hydrogen) atoms. The third-order valence-corrected chi connectivity index (χ3v) is 7.54. The van der Waals surface area contributed by atoms with E-state index in [1.54, 1.807) is 0 Å². The molecule has 0 aliphatic carbocycles. The third kappa shape index (κ3) is 32.6. The zero-order valence-corrected chi connectivity index (χ0v) is 26.7. The molecule has 0 unspecified atom stereocenters. The van der Waals surface area contributed by atoms with Gasteiger partial charge in [-0.2, -0.15) is 0 Å². The molecule has 0 amide bonds. The van der Waals surface area contributed by atoms with Gasteiger partial charge >= 0.3 is 11.9 Å². The van der Waals surface area contributed by atoms with Crippen molar-refractivity contribution in [2.24, 2.45) is 0 Å². The lowest BCUT2D eigenvalue weighted by Crippen LogP contribution is -2.11. The van der Waals surface area contributed by atoms with E-state index in [1.165, 1.54) is 116 Å². The van der Waals surface area contributed by atoms with Gasteiger partial charge < -0.3 is 0 Å². The monoisotopic (exact) mass is 562 g/mol. The first-order chi connectivity index (χ1) is 19.7.